The molecule has 0 unspecified atom stereocenters. The van der Waals surface area contributed by atoms with Crippen LogP contribution in [0.5, 0.6) is 0 Å². The first-order valence-corrected chi connectivity index (χ1v) is 6.84. The third-order valence-corrected chi connectivity index (χ3v) is 2.84. The van der Waals surface area contributed by atoms with Crippen LogP contribution >= 0.6 is 0 Å². The Morgan fingerprint density at radius 3 is 2.22 bits per heavy atom. The van der Waals surface area contributed by atoms with Crippen LogP contribution in [0.2, 0.25) is 0 Å². The second-order valence-corrected chi connectivity index (χ2v) is 4.45. The number of methoxy groups -OCH3 is 2. The third kappa shape index (κ3) is 4.80. The van der Waals surface area contributed by atoms with Gasteiger partial charge in [-0.1, -0.05) is 6.92 Å². The molecule has 0 aliphatic carbocycles. The molecule has 0 saturated carbocycles. The summed E-state index contributed by atoms with van der Waals surface area (Å²) < 4.78 is 9.18. The van der Waals surface area contributed by atoms with Gasteiger partial charge in [0.2, 0.25) is 0 Å². The lowest BCUT2D eigenvalue weighted by molar-refractivity contribution is -0.136. The molecule has 2 N–H and O–H groups in total. The van der Waals surface area contributed by atoms with Gasteiger partial charge in [0.25, 0.3) is 0 Å². The standard InChI is InChI=1S/C15H18N2O6/c1-4-7-16-12(18)13(19)17-11-8-9(14(20)22-2)5-6-10(11)15(21)23-3/h5-6,8H,4,7H2,1-3H3,(H,16,18)(H,17,19). The number of nitrogens with one attached hydrogen (secondary N) is 2. The van der Waals surface area contributed by atoms with Crippen LogP contribution in [-0.4, -0.2) is 44.5 Å². The lowest BCUT2D eigenvalue weighted by Crippen LogP contribution is -2.36. The minimum absolute atomic E-state index is 0.0109. The molecule has 0 radical (unpaired) electrons. The van der Waals surface area contributed by atoms with Crippen molar-refractivity contribution in [2.24, 2.45) is 0 Å². The van der Waals surface area contributed by atoms with Crippen molar-refractivity contribution in [1.29, 1.82) is 0 Å². The average Bonchev–Trinajstić information content (AvgIpc) is 2.57. The van der Waals surface area contributed by atoms with E-state index in [1.54, 1.807) is 0 Å². The molecular weight excluding hydrogens is 304 g/mol. The summed E-state index contributed by atoms with van der Waals surface area (Å²) in [6, 6.07) is 3.89. The van der Waals surface area contributed by atoms with E-state index in [1.807, 2.05) is 6.92 Å². The number of rotatable bonds is 5. The highest BCUT2D eigenvalue weighted by Crippen LogP contribution is 2.19. The van der Waals surface area contributed by atoms with Crippen LogP contribution in [0.1, 0.15) is 34.1 Å². The molecule has 23 heavy (non-hydrogen) atoms. The van der Waals surface area contributed by atoms with Gasteiger partial charge in [-0.15, -0.1) is 0 Å². The summed E-state index contributed by atoms with van der Waals surface area (Å²) in [7, 11) is 2.38. The van der Waals surface area contributed by atoms with Crippen LogP contribution in [0.15, 0.2) is 18.2 Å². The first-order chi connectivity index (χ1) is 10.9. The van der Waals surface area contributed by atoms with Gasteiger partial charge in [0.15, 0.2) is 0 Å². The molecule has 1 aromatic rings. The number of carbonyl (C=O) groups is 4. The minimum Gasteiger partial charge on any atom is -0.465 e. The van der Waals surface area contributed by atoms with Gasteiger partial charge in [-0.25, -0.2) is 9.59 Å². The Bertz CT molecular complexity index is 626. The lowest BCUT2D eigenvalue weighted by Gasteiger charge is -2.11. The number of amides is 2. The maximum absolute atomic E-state index is 11.8. The number of hydrogen-bond donors (Lipinski definition) is 2. The van der Waals surface area contributed by atoms with Gasteiger partial charge < -0.3 is 20.1 Å². The molecule has 0 atom stereocenters. The van der Waals surface area contributed by atoms with E-state index in [0.717, 1.165) is 0 Å². The van der Waals surface area contributed by atoms with Gasteiger partial charge in [0.05, 0.1) is 31.0 Å². The Balaban J connectivity index is 3.09. The summed E-state index contributed by atoms with van der Waals surface area (Å²) in [6.07, 6.45) is 0.671. The smallest absolute Gasteiger partial charge is 0.339 e. The van der Waals surface area contributed by atoms with Crippen LogP contribution in [-0.2, 0) is 19.1 Å². The number of anilines is 1. The van der Waals surface area contributed by atoms with E-state index in [4.69, 9.17) is 0 Å². The molecule has 0 heterocycles. The Labute approximate surface area is 133 Å². The summed E-state index contributed by atoms with van der Waals surface area (Å²) in [5, 5.41) is 4.70. The van der Waals surface area contributed by atoms with Gasteiger partial charge >= 0.3 is 23.8 Å². The quantitative estimate of drug-likeness (QED) is 0.610. The highest BCUT2D eigenvalue weighted by atomic mass is 16.5. The van der Waals surface area contributed by atoms with Crippen LogP contribution in [0.3, 0.4) is 0 Å². The fourth-order valence-corrected chi connectivity index (χ4v) is 1.68. The number of esters is 2. The highest BCUT2D eigenvalue weighted by molar-refractivity contribution is 6.40. The normalized spacial score (nSPS) is 9.70. The van der Waals surface area contributed by atoms with Crippen molar-refractivity contribution in [3.05, 3.63) is 29.3 Å². The molecule has 2 amide bonds. The Hall–Kier alpha value is -2.90. The summed E-state index contributed by atoms with van der Waals surface area (Å²) in [4.78, 5) is 46.7. The second-order valence-electron chi connectivity index (χ2n) is 4.45. The van der Waals surface area contributed by atoms with Crippen LogP contribution in [0.25, 0.3) is 0 Å². The molecule has 124 valence electrons. The summed E-state index contributed by atoms with van der Waals surface area (Å²) in [5.41, 5.74) is 0.109. The molecule has 1 rings (SSSR count). The molecular formula is C15H18N2O6. The fraction of sp³-hybridized carbons (Fsp3) is 0.333. The molecule has 1 aromatic carbocycles. The highest BCUT2D eigenvalue weighted by Gasteiger charge is 2.20. The summed E-state index contributed by atoms with van der Waals surface area (Å²) in [6.45, 7) is 2.19. The van der Waals surface area contributed by atoms with Crippen molar-refractivity contribution >= 4 is 29.4 Å². The first kappa shape index (κ1) is 18.1. The zero-order valence-corrected chi connectivity index (χ0v) is 13.1. The van der Waals surface area contributed by atoms with Crippen molar-refractivity contribution in [3.8, 4) is 0 Å². The van der Waals surface area contributed by atoms with Crippen molar-refractivity contribution in [2.45, 2.75) is 13.3 Å². The Kier molecular flexibility index (Phi) is 6.72. The number of benzene rings is 1. The summed E-state index contributed by atoms with van der Waals surface area (Å²) in [5.74, 6) is -3.16. The molecule has 0 aliphatic rings. The van der Waals surface area contributed by atoms with E-state index in [-0.39, 0.29) is 16.8 Å². The van der Waals surface area contributed by atoms with E-state index in [9.17, 15) is 19.2 Å². The van der Waals surface area contributed by atoms with E-state index >= 15 is 0 Å². The number of carbonyl (C=O) groups excluding carboxylic acids is 4. The largest absolute Gasteiger partial charge is 0.465 e. The molecule has 0 bridgehead atoms. The second kappa shape index (κ2) is 8.52. The van der Waals surface area contributed by atoms with Crippen LogP contribution < -0.4 is 10.6 Å². The van der Waals surface area contributed by atoms with Gasteiger partial charge in [-0.3, -0.25) is 9.59 Å². The maximum Gasteiger partial charge on any atom is 0.339 e. The molecule has 8 heteroatoms. The van der Waals surface area contributed by atoms with E-state index in [2.05, 4.69) is 20.1 Å². The average molecular weight is 322 g/mol. The van der Waals surface area contributed by atoms with E-state index in [1.165, 1.54) is 32.4 Å². The molecule has 0 aromatic heterocycles. The van der Waals surface area contributed by atoms with Crippen LogP contribution in [0.4, 0.5) is 5.69 Å². The van der Waals surface area contributed by atoms with Crippen molar-refractivity contribution in [3.63, 3.8) is 0 Å². The zero-order chi connectivity index (χ0) is 17.4. The maximum atomic E-state index is 11.8. The predicted octanol–water partition coefficient (Wildman–Crippen LogP) is 0.724. The minimum atomic E-state index is -0.953. The van der Waals surface area contributed by atoms with E-state index < -0.39 is 23.8 Å². The van der Waals surface area contributed by atoms with Gasteiger partial charge in [0, 0.05) is 6.54 Å². The number of hydrogen-bond acceptors (Lipinski definition) is 6. The van der Waals surface area contributed by atoms with Crippen molar-refractivity contribution < 1.29 is 28.7 Å². The third-order valence-electron chi connectivity index (χ3n) is 2.84. The molecule has 0 saturated heterocycles. The predicted molar refractivity (Wildman–Crippen MR) is 81.1 cm³/mol. The van der Waals surface area contributed by atoms with E-state index in [0.29, 0.717) is 13.0 Å². The topological polar surface area (TPSA) is 111 Å². The van der Waals surface area contributed by atoms with Gasteiger partial charge in [-0.05, 0) is 24.6 Å². The molecule has 0 aliphatic heterocycles. The Morgan fingerprint density at radius 2 is 1.65 bits per heavy atom. The van der Waals surface area contributed by atoms with Gasteiger partial charge in [0.1, 0.15) is 0 Å². The first-order valence-electron chi connectivity index (χ1n) is 6.84. The number of ether oxygens (including phenoxy) is 2. The van der Waals surface area contributed by atoms with Crippen molar-refractivity contribution in [1.82, 2.24) is 5.32 Å². The van der Waals surface area contributed by atoms with Gasteiger partial charge in [-0.2, -0.15) is 0 Å². The molecule has 8 nitrogen and oxygen atoms in total. The SMILES string of the molecule is CCCNC(=O)C(=O)Nc1cc(C(=O)OC)ccc1C(=O)OC. The summed E-state index contributed by atoms with van der Waals surface area (Å²) >= 11 is 0. The van der Waals surface area contributed by atoms with Crippen molar-refractivity contribution in [2.75, 3.05) is 26.1 Å². The Morgan fingerprint density at radius 1 is 1.00 bits per heavy atom. The van der Waals surface area contributed by atoms with Crippen LogP contribution in [0, 0.1) is 0 Å². The molecule has 0 spiro atoms. The molecule has 0 fully saturated rings. The lowest BCUT2D eigenvalue weighted by atomic mass is 10.1. The zero-order valence-electron chi connectivity index (χ0n) is 13.1. The monoisotopic (exact) mass is 322 g/mol. The fourth-order valence-electron chi connectivity index (χ4n) is 1.68.